The molecule has 0 fully saturated rings. The Bertz CT molecular complexity index is 1200. The highest BCUT2D eigenvalue weighted by molar-refractivity contribution is 5.24. The first-order chi connectivity index (χ1) is 23.9. The maximum Gasteiger partial charge on any atom is -0.0193 e. The first-order valence-corrected chi connectivity index (χ1v) is 20.3. The van der Waals surface area contributed by atoms with Gasteiger partial charge in [-0.3, -0.25) is 0 Å². The third-order valence-corrected chi connectivity index (χ3v) is 9.20. The summed E-state index contributed by atoms with van der Waals surface area (Å²) in [5.74, 6) is 1.41. The predicted molar refractivity (Wildman–Crippen MR) is 233 cm³/mol. The molecule has 2 atom stereocenters. The molecule has 0 amide bonds. The number of hydrogen-bond acceptors (Lipinski definition) is 0. The number of benzene rings is 2. The Hall–Kier alpha value is -2.86. The average Bonchev–Trinajstić information content (AvgIpc) is 3.11. The number of hydrogen-bond donors (Lipinski definition) is 0. The van der Waals surface area contributed by atoms with Crippen molar-refractivity contribution in [2.75, 3.05) is 0 Å². The lowest BCUT2D eigenvalue weighted by Crippen LogP contribution is -1.89. The van der Waals surface area contributed by atoms with Crippen LogP contribution in [-0.2, 0) is 0 Å². The van der Waals surface area contributed by atoms with E-state index in [9.17, 15) is 0 Å². The van der Waals surface area contributed by atoms with Crippen LogP contribution in [0.3, 0.4) is 0 Å². The second-order valence-corrected chi connectivity index (χ2v) is 14.4. The molecule has 0 aliphatic carbocycles. The Morgan fingerprint density at radius 2 is 0.900 bits per heavy atom. The van der Waals surface area contributed by atoms with E-state index in [1.807, 2.05) is 0 Å². The number of rotatable bonds is 17. The minimum atomic E-state index is 0.704. The van der Waals surface area contributed by atoms with Gasteiger partial charge in [-0.05, 0) is 142 Å². The molecule has 2 aromatic rings. The van der Waals surface area contributed by atoms with Crippen LogP contribution in [-0.4, -0.2) is 0 Å². The number of aryl methyl sites for hydroxylation is 1. The minimum absolute atomic E-state index is 0.704. The summed E-state index contributed by atoms with van der Waals surface area (Å²) in [4.78, 5) is 0. The smallest absolute Gasteiger partial charge is 0.0193 e. The molecule has 50 heavy (non-hydrogen) atoms. The van der Waals surface area contributed by atoms with Gasteiger partial charge in [-0.25, -0.2) is 0 Å². The van der Waals surface area contributed by atoms with Crippen LogP contribution in [0.5, 0.6) is 0 Å². The predicted octanol–water partition coefficient (Wildman–Crippen LogP) is 17.4. The normalized spacial score (nSPS) is 12.6. The molecule has 0 saturated carbocycles. The Morgan fingerprint density at radius 3 is 1.28 bits per heavy atom. The maximum atomic E-state index is 2.41. The molecule has 0 bridgehead atoms. The van der Waals surface area contributed by atoms with Gasteiger partial charge in [-0.2, -0.15) is 0 Å². The summed E-state index contributed by atoms with van der Waals surface area (Å²) < 4.78 is 0. The van der Waals surface area contributed by atoms with E-state index < -0.39 is 0 Å². The molecular weight excluding hydrogens is 601 g/mol. The Balaban J connectivity index is 0. The van der Waals surface area contributed by atoms with Crippen LogP contribution in [0, 0.1) is 6.92 Å². The van der Waals surface area contributed by atoms with Gasteiger partial charge in [0, 0.05) is 0 Å². The van der Waals surface area contributed by atoms with Crippen LogP contribution in [0.1, 0.15) is 196 Å². The molecule has 0 heterocycles. The fraction of sp³-hybridized carbons (Fsp3) is 0.560. The summed E-state index contributed by atoms with van der Waals surface area (Å²) in [5.41, 5.74) is 11.9. The minimum Gasteiger partial charge on any atom is -0.0856 e. The summed E-state index contributed by atoms with van der Waals surface area (Å²) in [6.45, 7) is 30.9. The average molecular weight is 683 g/mol. The van der Waals surface area contributed by atoms with Gasteiger partial charge in [0.2, 0.25) is 0 Å². The molecule has 282 valence electrons. The van der Waals surface area contributed by atoms with Crippen LogP contribution in [0.15, 0.2) is 113 Å². The monoisotopic (exact) mass is 683 g/mol. The zero-order chi connectivity index (χ0) is 38.2. The van der Waals surface area contributed by atoms with Crippen LogP contribution < -0.4 is 0 Å². The fourth-order valence-corrected chi connectivity index (χ4v) is 5.31. The molecule has 0 nitrogen and oxygen atoms in total. The molecule has 0 saturated heterocycles. The quantitative estimate of drug-likeness (QED) is 0.146. The Kier molecular flexibility index (Phi) is 32.8. The van der Waals surface area contributed by atoms with Crippen molar-refractivity contribution >= 4 is 0 Å². The van der Waals surface area contributed by atoms with Crippen LogP contribution >= 0.6 is 0 Å². The zero-order valence-corrected chi connectivity index (χ0v) is 35.7. The first-order valence-electron chi connectivity index (χ1n) is 20.3. The zero-order valence-electron chi connectivity index (χ0n) is 35.7. The van der Waals surface area contributed by atoms with E-state index in [4.69, 9.17) is 0 Å². The highest BCUT2D eigenvalue weighted by Gasteiger charge is 2.01. The largest absolute Gasteiger partial charge is 0.0856 e. The van der Waals surface area contributed by atoms with Gasteiger partial charge in [-0.1, -0.05) is 174 Å². The van der Waals surface area contributed by atoms with Crippen molar-refractivity contribution in [2.24, 2.45) is 0 Å². The van der Waals surface area contributed by atoms with Crippen LogP contribution in [0.25, 0.3) is 0 Å². The van der Waals surface area contributed by atoms with Crippen molar-refractivity contribution in [1.29, 1.82) is 0 Å². The van der Waals surface area contributed by atoms with Crippen molar-refractivity contribution < 1.29 is 0 Å². The molecule has 0 spiro atoms. The summed E-state index contributed by atoms with van der Waals surface area (Å²) in [7, 11) is 0. The third-order valence-electron chi connectivity index (χ3n) is 9.20. The summed E-state index contributed by atoms with van der Waals surface area (Å²) in [6.07, 6.45) is 26.3. The van der Waals surface area contributed by atoms with E-state index in [0.29, 0.717) is 11.8 Å². The molecule has 0 radical (unpaired) electrons. The van der Waals surface area contributed by atoms with Gasteiger partial charge in [0.15, 0.2) is 0 Å². The lowest BCUT2D eigenvalue weighted by atomic mass is 9.98. The molecule has 2 aromatic carbocycles. The van der Waals surface area contributed by atoms with Crippen LogP contribution in [0.4, 0.5) is 0 Å². The Morgan fingerprint density at radius 1 is 0.500 bits per heavy atom. The molecule has 0 aliphatic rings. The van der Waals surface area contributed by atoms with Crippen molar-refractivity contribution in [2.45, 2.75) is 186 Å². The van der Waals surface area contributed by atoms with Gasteiger partial charge < -0.3 is 0 Å². The van der Waals surface area contributed by atoms with E-state index in [-0.39, 0.29) is 0 Å². The fourth-order valence-electron chi connectivity index (χ4n) is 5.31. The van der Waals surface area contributed by atoms with E-state index in [1.54, 1.807) is 11.1 Å². The second-order valence-electron chi connectivity index (χ2n) is 14.4. The summed E-state index contributed by atoms with van der Waals surface area (Å²) >= 11 is 0. The van der Waals surface area contributed by atoms with Gasteiger partial charge in [0.25, 0.3) is 0 Å². The van der Waals surface area contributed by atoms with E-state index in [1.165, 1.54) is 110 Å². The van der Waals surface area contributed by atoms with Crippen molar-refractivity contribution in [3.05, 3.63) is 130 Å². The highest BCUT2D eigenvalue weighted by Crippen LogP contribution is 2.19. The van der Waals surface area contributed by atoms with Gasteiger partial charge in [0.1, 0.15) is 0 Å². The lowest BCUT2D eigenvalue weighted by molar-refractivity contribution is 0.733. The van der Waals surface area contributed by atoms with Crippen molar-refractivity contribution in [1.82, 2.24) is 0 Å². The van der Waals surface area contributed by atoms with E-state index >= 15 is 0 Å². The highest BCUT2D eigenvalue weighted by atomic mass is 14.1. The molecule has 0 aliphatic heterocycles. The molecule has 2 rings (SSSR count). The van der Waals surface area contributed by atoms with E-state index in [2.05, 4.69) is 182 Å². The molecule has 0 heteroatoms. The standard InChI is InChI=1S/C17H30.C12H22.C11H16.C10H14/c1-6-10-17(7-2)14-9-13-16(5)12-8-11-15(3)4;1-5-8-12(6-2)10-7-9-11(3)4;1-4-10(3)11-7-5-9(2)6-8-11;1-3-9(2)10-7-5-4-6-8-10/h10-11,13H,6-9,12,14H2,1-5H3;8-9H,5-7,10H2,1-4H3;5-8,10H,4H2,1-3H3;4-9H,3H2,1-2H3/b16-13-,17-10-;12-8-;;. The first kappa shape index (κ1) is 49.3. The second kappa shape index (κ2) is 33.3. The lowest BCUT2D eigenvalue weighted by Gasteiger charge is -2.07. The van der Waals surface area contributed by atoms with Crippen LogP contribution in [0.2, 0.25) is 0 Å². The van der Waals surface area contributed by atoms with E-state index in [0.717, 1.165) is 0 Å². The van der Waals surface area contributed by atoms with Crippen molar-refractivity contribution in [3.8, 4) is 0 Å². The van der Waals surface area contributed by atoms with Gasteiger partial charge in [0.05, 0.1) is 0 Å². The summed E-state index contributed by atoms with van der Waals surface area (Å²) in [5, 5.41) is 0. The van der Waals surface area contributed by atoms with Gasteiger partial charge in [-0.15, -0.1) is 0 Å². The maximum absolute atomic E-state index is 2.41. The third kappa shape index (κ3) is 28.9. The molecular formula is C50H82. The van der Waals surface area contributed by atoms with Gasteiger partial charge >= 0.3 is 0 Å². The summed E-state index contributed by atoms with van der Waals surface area (Å²) in [6, 6.07) is 19.5. The molecule has 2 unspecified atom stereocenters. The molecule has 0 N–H and O–H groups in total. The topological polar surface area (TPSA) is 0 Å². The van der Waals surface area contributed by atoms with Crippen molar-refractivity contribution in [3.63, 3.8) is 0 Å². The molecule has 0 aromatic heterocycles. The Labute approximate surface area is 314 Å². The SMILES string of the molecule is CC/C=C(/CC)CC/C=C(/C)CCC=C(C)C.CC/C=C(/CC)CCC=C(C)C.CCC(C)c1ccc(C)cc1.CCC(C)c1ccccc1. The number of allylic oxidation sites excluding steroid dienone is 10.